The van der Waals surface area contributed by atoms with E-state index in [9.17, 15) is 19.2 Å². The standard InChI is InChI=1S/C33H35N3O7/c1-21(2)19-41-29(37)18-28(33(40)42-20-24-7-5-4-6-8-24)36-31(38)22(3)17-23-9-11-26(12-10-23)32(39)43-27-15-13-25(14-16-27)30(34)35/h4-17,21,28H,18-20H2,1-3H3,(H3,34,35)(H,36,38)/b22-17+/t28-/m0/s1. The Labute approximate surface area is 250 Å². The van der Waals surface area contributed by atoms with Crippen molar-refractivity contribution in [2.45, 2.75) is 39.8 Å². The third-order valence-electron chi connectivity index (χ3n) is 6.03. The van der Waals surface area contributed by atoms with Gasteiger partial charge in [0.2, 0.25) is 5.91 Å². The van der Waals surface area contributed by atoms with Gasteiger partial charge in [0, 0.05) is 11.1 Å². The van der Waals surface area contributed by atoms with Crippen molar-refractivity contribution in [2.24, 2.45) is 11.7 Å². The van der Waals surface area contributed by atoms with E-state index in [4.69, 9.17) is 25.4 Å². The molecule has 0 aliphatic heterocycles. The van der Waals surface area contributed by atoms with Crippen molar-refractivity contribution < 1.29 is 33.4 Å². The van der Waals surface area contributed by atoms with Gasteiger partial charge in [-0.25, -0.2) is 9.59 Å². The smallest absolute Gasteiger partial charge is 0.343 e. The lowest BCUT2D eigenvalue weighted by Crippen LogP contribution is -2.43. The molecule has 3 rings (SSSR count). The van der Waals surface area contributed by atoms with E-state index in [-0.39, 0.29) is 42.5 Å². The summed E-state index contributed by atoms with van der Waals surface area (Å²) < 4.78 is 15.9. The molecule has 1 atom stereocenters. The van der Waals surface area contributed by atoms with Gasteiger partial charge in [0.25, 0.3) is 0 Å². The molecule has 4 N–H and O–H groups in total. The van der Waals surface area contributed by atoms with E-state index in [2.05, 4.69) is 5.32 Å². The molecule has 0 saturated heterocycles. The number of amides is 1. The lowest BCUT2D eigenvalue weighted by molar-refractivity contribution is -0.154. The van der Waals surface area contributed by atoms with Crippen molar-refractivity contribution in [3.05, 3.63) is 107 Å². The number of rotatable bonds is 13. The van der Waals surface area contributed by atoms with E-state index >= 15 is 0 Å². The highest BCUT2D eigenvalue weighted by Gasteiger charge is 2.27. The van der Waals surface area contributed by atoms with Crippen molar-refractivity contribution >= 4 is 35.7 Å². The van der Waals surface area contributed by atoms with Gasteiger partial charge in [0.1, 0.15) is 24.2 Å². The molecule has 1 amide bonds. The number of amidine groups is 1. The molecule has 224 valence electrons. The minimum atomic E-state index is -1.25. The fraction of sp³-hybridized carbons (Fsp3) is 0.242. The first kappa shape index (κ1) is 32.3. The fourth-order valence-corrected chi connectivity index (χ4v) is 3.68. The highest BCUT2D eigenvalue weighted by molar-refractivity contribution is 6.00. The lowest BCUT2D eigenvalue weighted by atomic mass is 10.1. The minimum absolute atomic E-state index is 0.0135. The number of benzene rings is 3. The Morgan fingerprint density at radius 1 is 0.884 bits per heavy atom. The van der Waals surface area contributed by atoms with Gasteiger partial charge >= 0.3 is 17.9 Å². The quantitative estimate of drug-likeness (QED) is 0.0875. The summed E-state index contributed by atoms with van der Waals surface area (Å²) in [4.78, 5) is 50.8. The van der Waals surface area contributed by atoms with Crippen LogP contribution in [0.15, 0.2) is 84.4 Å². The van der Waals surface area contributed by atoms with Crippen LogP contribution < -0.4 is 15.8 Å². The molecule has 0 fully saturated rings. The van der Waals surface area contributed by atoms with Crippen molar-refractivity contribution in [3.63, 3.8) is 0 Å². The van der Waals surface area contributed by atoms with Crippen LogP contribution in [0.5, 0.6) is 5.75 Å². The van der Waals surface area contributed by atoms with E-state index in [1.54, 1.807) is 73.7 Å². The maximum Gasteiger partial charge on any atom is 0.343 e. The first-order valence-electron chi connectivity index (χ1n) is 13.6. The number of ether oxygens (including phenoxy) is 3. The Balaban J connectivity index is 1.64. The van der Waals surface area contributed by atoms with Gasteiger partial charge in [-0.05, 0) is 66.4 Å². The maximum atomic E-state index is 13.0. The second kappa shape index (κ2) is 15.7. The van der Waals surface area contributed by atoms with Crippen LogP contribution in [-0.4, -0.2) is 42.3 Å². The third-order valence-corrected chi connectivity index (χ3v) is 6.03. The Hall–Kier alpha value is -5.25. The van der Waals surface area contributed by atoms with Gasteiger partial charge in [0.05, 0.1) is 18.6 Å². The SMILES string of the molecule is C/C(=C\c1ccc(C(=O)Oc2ccc(C(=N)N)cc2)cc1)C(=O)N[C@@H](CC(=O)OCC(C)C)C(=O)OCc1ccccc1. The summed E-state index contributed by atoms with van der Waals surface area (Å²) in [5, 5.41) is 10.0. The van der Waals surface area contributed by atoms with Gasteiger partial charge in [-0.1, -0.05) is 56.3 Å². The summed E-state index contributed by atoms with van der Waals surface area (Å²) in [5.41, 5.74) is 7.88. The number of hydrogen-bond donors (Lipinski definition) is 3. The average Bonchev–Trinajstić information content (AvgIpc) is 2.99. The molecule has 0 aromatic heterocycles. The number of esters is 3. The summed E-state index contributed by atoms with van der Waals surface area (Å²) in [6, 6.07) is 20.4. The third kappa shape index (κ3) is 10.6. The van der Waals surface area contributed by atoms with Crippen molar-refractivity contribution in [1.82, 2.24) is 5.32 Å². The second-order valence-electron chi connectivity index (χ2n) is 10.2. The van der Waals surface area contributed by atoms with Crippen LogP contribution in [0.1, 0.15) is 54.2 Å². The van der Waals surface area contributed by atoms with Crippen molar-refractivity contribution in [2.75, 3.05) is 6.61 Å². The van der Waals surface area contributed by atoms with Crippen molar-refractivity contribution in [1.29, 1.82) is 5.41 Å². The summed E-state index contributed by atoms with van der Waals surface area (Å²) >= 11 is 0. The lowest BCUT2D eigenvalue weighted by Gasteiger charge is -2.18. The Bertz CT molecular complexity index is 1460. The maximum absolute atomic E-state index is 13.0. The monoisotopic (exact) mass is 585 g/mol. The summed E-state index contributed by atoms with van der Waals surface area (Å²) in [6.07, 6.45) is 1.20. The van der Waals surface area contributed by atoms with Gasteiger partial charge in [0.15, 0.2) is 0 Å². The number of nitrogens with two attached hydrogens (primary N) is 1. The highest BCUT2D eigenvalue weighted by Crippen LogP contribution is 2.16. The van der Waals surface area contributed by atoms with E-state index in [0.29, 0.717) is 16.9 Å². The summed E-state index contributed by atoms with van der Waals surface area (Å²) in [6.45, 7) is 5.51. The summed E-state index contributed by atoms with van der Waals surface area (Å²) in [7, 11) is 0. The molecule has 10 heteroatoms. The van der Waals surface area contributed by atoms with Gasteiger partial charge in [-0.3, -0.25) is 15.0 Å². The van der Waals surface area contributed by atoms with Crippen LogP contribution >= 0.6 is 0 Å². The Kier molecular flexibility index (Phi) is 11.8. The zero-order valence-corrected chi connectivity index (χ0v) is 24.3. The molecule has 0 aliphatic rings. The van der Waals surface area contributed by atoms with E-state index in [1.165, 1.54) is 0 Å². The number of carbonyl (C=O) groups is 4. The second-order valence-corrected chi connectivity index (χ2v) is 10.2. The minimum Gasteiger partial charge on any atom is -0.465 e. The predicted octanol–water partition coefficient (Wildman–Crippen LogP) is 4.41. The van der Waals surface area contributed by atoms with E-state index in [1.807, 2.05) is 32.0 Å². The molecule has 0 spiro atoms. The Morgan fingerprint density at radius 3 is 2.12 bits per heavy atom. The van der Waals surface area contributed by atoms with Crippen LogP contribution in [0.25, 0.3) is 6.08 Å². The molecule has 3 aromatic rings. The number of nitrogens with one attached hydrogen (secondary N) is 2. The highest BCUT2D eigenvalue weighted by atomic mass is 16.5. The molecule has 10 nitrogen and oxygen atoms in total. The van der Waals surface area contributed by atoms with Crippen LogP contribution in [-0.2, 0) is 30.5 Å². The molecule has 0 aliphatic carbocycles. The van der Waals surface area contributed by atoms with Crippen LogP contribution in [0.4, 0.5) is 0 Å². The molecule has 0 radical (unpaired) electrons. The zero-order chi connectivity index (χ0) is 31.4. The predicted molar refractivity (Wildman–Crippen MR) is 161 cm³/mol. The first-order valence-corrected chi connectivity index (χ1v) is 13.6. The molecule has 3 aromatic carbocycles. The fourth-order valence-electron chi connectivity index (χ4n) is 3.68. The summed E-state index contributed by atoms with van der Waals surface area (Å²) in [5.74, 6) is -2.22. The Morgan fingerprint density at radius 2 is 1.51 bits per heavy atom. The van der Waals surface area contributed by atoms with Gasteiger partial charge in [-0.2, -0.15) is 0 Å². The topological polar surface area (TPSA) is 158 Å². The van der Waals surface area contributed by atoms with E-state index < -0.39 is 29.9 Å². The molecular weight excluding hydrogens is 550 g/mol. The van der Waals surface area contributed by atoms with Crippen LogP contribution in [0, 0.1) is 11.3 Å². The average molecular weight is 586 g/mol. The molecule has 43 heavy (non-hydrogen) atoms. The zero-order valence-electron chi connectivity index (χ0n) is 24.3. The molecular formula is C33H35N3O7. The number of carbonyl (C=O) groups excluding carboxylic acids is 4. The van der Waals surface area contributed by atoms with Crippen LogP contribution in [0.2, 0.25) is 0 Å². The number of nitrogen functional groups attached to an aromatic ring is 1. The number of hydrogen-bond acceptors (Lipinski definition) is 8. The normalized spacial score (nSPS) is 11.8. The molecule has 0 saturated carbocycles. The molecule has 0 heterocycles. The van der Waals surface area contributed by atoms with E-state index in [0.717, 1.165) is 5.56 Å². The van der Waals surface area contributed by atoms with Gasteiger partial charge < -0.3 is 25.3 Å². The first-order chi connectivity index (χ1) is 20.5. The van der Waals surface area contributed by atoms with Gasteiger partial charge in [-0.15, -0.1) is 0 Å². The largest absolute Gasteiger partial charge is 0.465 e. The molecule has 0 unspecified atom stereocenters. The molecule has 0 bridgehead atoms. The van der Waals surface area contributed by atoms with Crippen LogP contribution in [0.3, 0.4) is 0 Å². The van der Waals surface area contributed by atoms with Crippen molar-refractivity contribution in [3.8, 4) is 5.75 Å².